The van der Waals surface area contributed by atoms with E-state index in [9.17, 15) is 107 Å². The largest absolute Gasteiger partial charge is 0.494 e. The van der Waals surface area contributed by atoms with E-state index in [0.717, 1.165) is 37.9 Å². The summed E-state index contributed by atoms with van der Waals surface area (Å²) in [7, 11) is 0. The number of aliphatic hydroxyl groups excluding tert-OH is 21. The third kappa shape index (κ3) is 14.4. The van der Waals surface area contributed by atoms with Crippen molar-refractivity contribution in [2.24, 2.45) is 46.3 Å². The summed E-state index contributed by atoms with van der Waals surface area (Å²) in [4.78, 5) is 0. The Morgan fingerprint density at radius 2 is 0.887 bits per heavy atom. The van der Waals surface area contributed by atoms with E-state index in [1.807, 2.05) is 6.92 Å². The van der Waals surface area contributed by atoms with Gasteiger partial charge in [0, 0.05) is 12.3 Å². The lowest BCUT2D eigenvalue weighted by Crippen LogP contribution is -2.69. The third-order valence-corrected chi connectivity index (χ3v) is 23.7. The molecule has 0 amide bonds. The summed E-state index contributed by atoms with van der Waals surface area (Å²) in [6, 6.07) is 0. The Hall–Kier alpha value is -1.78. The SMILES string of the molecule is CC1=C(CC[C@@H](C)CO[C@@H]2O[C@H](CO)[C@@H](O)[C@H](O)[C@H]2O)O[C@H]2C[C@H]3[C@@H]4CC[C@H]5C[C@@H](O[C@@H]6O[C@H](CO)[C@H](O[C@@H]7O[C@H](CO)[C@@H](O)[C@H](O[C@@H]8O[C@H](CO)[C@@H](O)[C@H](O)[C@H]8O)[C@H]7O[C@@H]7O[C@H](CO)[C@@H](O)[C@H](O[C@@H]8O[C@H](CO)[C@@H](O)[C@H](O)[C@H]8O)[C@H]7O)[C@H](O)[C@H]6O)[C@H](O)C[C@]5(C)[C@H]4CC[C@]3(C)[C@@H]12. The first kappa shape index (κ1) is 76.4. The van der Waals surface area contributed by atoms with Crippen molar-refractivity contribution in [1.82, 2.24) is 0 Å². The number of hydrogen-bond donors (Lipinski definition) is 21. The van der Waals surface area contributed by atoms with Gasteiger partial charge in [-0.15, -0.1) is 0 Å². The maximum Gasteiger partial charge on any atom is 0.187 e. The van der Waals surface area contributed by atoms with Crippen LogP contribution in [0.15, 0.2) is 11.3 Å². The van der Waals surface area contributed by atoms with Crippen molar-refractivity contribution in [2.45, 2.75) is 288 Å². The first-order chi connectivity index (χ1) is 46.1. The first-order valence-electron chi connectivity index (χ1n) is 34.1. The molecule has 0 aromatic carbocycles. The normalized spacial score (nSPS) is 53.6. The van der Waals surface area contributed by atoms with Crippen molar-refractivity contribution < 1.29 is 169 Å². The summed E-state index contributed by atoms with van der Waals surface area (Å²) < 4.78 is 77.9. The van der Waals surface area contributed by atoms with Gasteiger partial charge < -0.3 is 169 Å². The van der Waals surface area contributed by atoms with Gasteiger partial charge in [-0.3, -0.25) is 0 Å². The van der Waals surface area contributed by atoms with Gasteiger partial charge in [0.15, 0.2) is 37.7 Å². The number of ether oxygens (including phenoxy) is 13. The smallest absolute Gasteiger partial charge is 0.187 e. The molecule has 97 heavy (non-hydrogen) atoms. The van der Waals surface area contributed by atoms with Crippen LogP contribution in [0.3, 0.4) is 0 Å². The summed E-state index contributed by atoms with van der Waals surface area (Å²) in [5.41, 5.74) is 0.892. The van der Waals surface area contributed by atoms with E-state index in [1.54, 1.807) is 0 Å². The minimum atomic E-state index is -2.26. The fraction of sp³-hybridized carbons (Fsp3) is 0.968. The molecule has 0 unspecified atom stereocenters. The van der Waals surface area contributed by atoms with Crippen molar-refractivity contribution in [3.05, 3.63) is 11.3 Å². The van der Waals surface area contributed by atoms with Crippen LogP contribution in [0.2, 0.25) is 0 Å². The molecule has 6 saturated heterocycles. The standard InChI is InChI=1S/C63H104O34/c1-21(20-85-56-47(80)43(76)38(71)31(14-64)88-56)5-8-28-22(2)37-30(86-28)12-26-24-7-6-23-11-29(27(70)13-63(23,4)25(24)9-10-62(26,37)3)87-57-50(83)46(79)52(36(19-69)93-57)94-61-55(54(42(75)35(18-68)92-61)96-59-49(82)45(78)40(73)33(16-66)90-59)97-60-51(84)53(41(74)34(17-67)91-60)95-58-48(81)44(77)39(72)32(15-65)89-58/h21,23-27,29-61,64-84H,5-20H2,1-4H3/t21-,23+,24-,25+,26+,27-,29-,30+,31-,32-,33-,34-,35-,36-,37+,38-,39-,40-,41-,42-,43+,44+,45+,46-,47-,48-,49-,50-,51-,52+,53+,54+,55-,56-,57-,58+,59+,60+,61+,62+,63+/m1/s1. The Morgan fingerprint density at radius 3 is 1.45 bits per heavy atom. The molecule has 21 N–H and O–H groups in total. The van der Waals surface area contributed by atoms with E-state index < -0.39 is 236 Å². The molecule has 7 aliphatic heterocycles. The van der Waals surface area contributed by atoms with Gasteiger partial charge in [0.05, 0.1) is 64.2 Å². The molecule has 0 radical (unpaired) electrons. The fourth-order valence-corrected chi connectivity index (χ4v) is 18.2. The van der Waals surface area contributed by atoms with Gasteiger partial charge in [-0.05, 0) is 104 Å². The van der Waals surface area contributed by atoms with Crippen LogP contribution < -0.4 is 0 Å². The van der Waals surface area contributed by atoms with Crippen LogP contribution in [0.25, 0.3) is 0 Å². The minimum absolute atomic E-state index is 0.00872. The lowest BCUT2D eigenvalue weighted by Gasteiger charge is -2.61. The van der Waals surface area contributed by atoms with Gasteiger partial charge in [0.25, 0.3) is 0 Å². The third-order valence-electron chi connectivity index (χ3n) is 23.7. The molecular formula is C63H104O34. The second kappa shape index (κ2) is 31.1. The van der Waals surface area contributed by atoms with Gasteiger partial charge in [-0.1, -0.05) is 20.8 Å². The van der Waals surface area contributed by atoms with Gasteiger partial charge in [-0.2, -0.15) is 0 Å². The quantitative estimate of drug-likeness (QED) is 0.0448. The summed E-state index contributed by atoms with van der Waals surface area (Å²) >= 11 is 0. The Bertz CT molecular complexity index is 2580. The summed E-state index contributed by atoms with van der Waals surface area (Å²) in [5.74, 6) is 2.22. The maximum absolute atomic E-state index is 12.1. The highest BCUT2D eigenvalue weighted by Gasteiger charge is 2.66. The highest BCUT2D eigenvalue weighted by molar-refractivity contribution is 5.27. The van der Waals surface area contributed by atoms with Crippen molar-refractivity contribution in [1.29, 1.82) is 0 Å². The highest BCUT2D eigenvalue weighted by Crippen LogP contribution is 2.70. The Balaban J connectivity index is 0.755. The predicted octanol–water partition coefficient (Wildman–Crippen LogP) is -8.39. The monoisotopic (exact) mass is 1400 g/mol. The van der Waals surface area contributed by atoms with Crippen LogP contribution in [0.4, 0.5) is 0 Å². The topological polar surface area (TPSA) is 545 Å². The molecule has 10 fully saturated rings. The highest BCUT2D eigenvalue weighted by atomic mass is 16.8. The molecule has 4 aliphatic carbocycles. The second-order valence-electron chi connectivity index (χ2n) is 29.5. The van der Waals surface area contributed by atoms with Crippen LogP contribution in [-0.2, 0) is 61.6 Å². The molecule has 0 bridgehead atoms. The summed E-state index contributed by atoms with van der Waals surface area (Å²) in [6.45, 7) is 3.60. The van der Waals surface area contributed by atoms with Gasteiger partial charge in [0.1, 0.15) is 153 Å². The zero-order valence-corrected chi connectivity index (χ0v) is 54.5. The molecule has 11 rings (SSSR count). The number of aliphatic hydroxyl groups is 21. The van der Waals surface area contributed by atoms with Crippen LogP contribution in [0.5, 0.6) is 0 Å². The molecule has 4 saturated carbocycles. The Morgan fingerprint density at radius 1 is 0.433 bits per heavy atom. The minimum Gasteiger partial charge on any atom is -0.494 e. The predicted molar refractivity (Wildman–Crippen MR) is 317 cm³/mol. The average Bonchev–Trinajstić information content (AvgIpc) is 1.61. The van der Waals surface area contributed by atoms with Gasteiger partial charge in [0.2, 0.25) is 0 Å². The van der Waals surface area contributed by atoms with Crippen LogP contribution in [0, 0.1) is 46.3 Å². The number of allylic oxidation sites excluding steroid dienone is 1. The number of hydrogen-bond acceptors (Lipinski definition) is 34. The van der Waals surface area contributed by atoms with Gasteiger partial charge >= 0.3 is 0 Å². The van der Waals surface area contributed by atoms with E-state index >= 15 is 0 Å². The number of rotatable bonds is 22. The van der Waals surface area contributed by atoms with E-state index in [2.05, 4.69) is 20.8 Å². The number of fused-ring (bicyclic) bond motifs is 7. The molecule has 0 aromatic heterocycles. The van der Waals surface area contributed by atoms with Crippen molar-refractivity contribution in [3.8, 4) is 0 Å². The Kier molecular flexibility index (Phi) is 24.5. The van der Waals surface area contributed by atoms with Crippen molar-refractivity contribution >= 4 is 0 Å². The summed E-state index contributed by atoms with van der Waals surface area (Å²) in [6.07, 6.45) is -51.0. The molecular weight excluding hydrogens is 1300 g/mol. The van der Waals surface area contributed by atoms with E-state index in [1.165, 1.54) is 5.57 Å². The lowest BCUT2D eigenvalue weighted by molar-refractivity contribution is -0.412. The molecule has 34 heteroatoms. The van der Waals surface area contributed by atoms with Crippen molar-refractivity contribution in [3.63, 3.8) is 0 Å². The molecule has 0 spiro atoms. The van der Waals surface area contributed by atoms with Crippen LogP contribution in [0.1, 0.15) is 85.5 Å². The molecule has 0 aromatic rings. The van der Waals surface area contributed by atoms with E-state index in [0.29, 0.717) is 37.5 Å². The molecule has 34 nitrogen and oxygen atoms in total. The molecule has 41 atom stereocenters. The first-order valence-corrected chi connectivity index (χ1v) is 34.1. The fourth-order valence-electron chi connectivity index (χ4n) is 18.2. The molecule has 560 valence electrons. The second-order valence-corrected chi connectivity index (χ2v) is 29.5. The summed E-state index contributed by atoms with van der Waals surface area (Å²) in [5, 5.41) is 228. The molecule has 11 aliphatic rings. The van der Waals surface area contributed by atoms with Gasteiger partial charge in [-0.25, -0.2) is 0 Å². The zero-order valence-electron chi connectivity index (χ0n) is 54.5. The van der Waals surface area contributed by atoms with E-state index in [4.69, 9.17) is 61.6 Å². The molecule has 7 heterocycles. The van der Waals surface area contributed by atoms with E-state index in [-0.39, 0.29) is 47.2 Å². The Labute approximate surface area is 559 Å². The average molecular weight is 1410 g/mol. The van der Waals surface area contributed by atoms with Crippen LogP contribution in [-0.4, -0.2) is 356 Å². The van der Waals surface area contributed by atoms with Crippen LogP contribution >= 0.6 is 0 Å². The lowest BCUT2D eigenvalue weighted by atomic mass is 9.44. The van der Waals surface area contributed by atoms with Crippen molar-refractivity contribution in [2.75, 3.05) is 46.2 Å². The maximum atomic E-state index is 12.1. The zero-order chi connectivity index (χ0) is 70.2.